The maximum absolute atomic E-state index is 13.2. The van der Waals surface area contributed by atoms with Crippen molar-refractivity contribution in [3.8, 4) is 23.0 Å². The van der Waals surface area contributed by atoms with E-state index < -0.39 is 5.92 Å². The van der Waals surface area contributed by atoms with Gasteiger partial charge in [0.25, 0.3) is 0 Å². The molecule has 3 heterocycles. The number of imidazole rings is 1. The summed E-state index contributed by atoms with van der Waals surface area (Å²) in [4.78, 5) is 17.8. The highest BCUT2D eigenvalue weighted by Gasteiger charge is 2.32. The largest absolute Gasteiger partial charge is 0.463 e. The maximum atomic E-state index is 13.2. The van der Waals surface area contributed by atoms with Crippen LogP contribution in [0.2, 0.25) is 0 Å². The van der Waals surface area contributed by atoms with Crippen LogP contribution in [0.25, 0.3) is 11.5 Å². The molecule has 1 aliphatic rings. The highest BCUT2D eigenvalue weighted by atomic mass is 16.5. The zero-order chi connectivity index (χ0) is 20.5. The summed E-state index contributed by atoms with van der Waals surface area (Å²) in [5.41, 5.74) is 2.55. The molecule has 1 aliphatic heterocycles. The molecule has 6 nitrogen and oxygen atoms in total. The number of fused-ring (bicyclic) bond motifs is 2. The summed E-state index contributed by atoms with van der Waals surface area (Å²) in [6.45, 7) is 0.489. The van der Waals surface area contributed by atoms with Crippen LogP contribution >= 0.6 is 0 Å². The van der Waals surface area contributed by atoms with Gasteiger partial charge in [-0.15, -0.1) is 0 Å². The Bertz CT molecular complexity index is 1150. The Morgan fingerprint density at radius 3 is 2.40 bits per heavy atom. The number of carbonyl (C=O) groups is 1. The average Bonchev–Trinajstić information content (AvgIpc) is 3.42. The molecule has 0 radical (unpaired) electrons. The van der Waals surface area contributed by atoms with Gasteiger partial charge in [0.05, 0.1) is 12.2 Å². The van der Waals surface area contributed by atoms with E-state index in [1.165, 1.54) is 0 Å². The number of furan rings is 1. The molecule has 0 unspecified atom stereocenters. The number of nitrogens with one attached hydrogen (secondary N) is 1. The van der Waals surface area contributed by atoms with Crippen LogP contribution in [0.3, 0.4) is 0 Å². The molecule has 4 aromatic rings. The van der Waals surface area contributed by atoms with Gasteiger partial charge in [-0.1, -0.05) is 36.4 Å². The smallest absolute Gasteiger partial charge is 0.232 e. The monoisotopic (exact) mass is 399 g/mol. The fourth-order valence-electron chi connectivity index (χ4n) is 3.87. The van der Waals surface area contributed by atoms with E-state index in [1.807, 2.05) is 78.5 Å². The summed E-state index contributed by atoms with van der Waals surface area (Å²) in [7, 11) is 1.95. The lowest BCUT2D eigenvalue weighted by atomic mass is 9.87. The molecule has 0 saturated carbocycles. The molecule has 0 bridgehead atoms. The van der Waals surface area contributed by atoms with E-state index in [-0.39, 0.29) is 5.91 Å². The van der Waals surface area contributed by atoms with Crippen molar-refractivity contribution in [2.45, 2.75) is 12.3 Å². The molecule has 1 N–H and O–H groups in total. The first kappa shape index (κ1) is 18.2. The Morgan fingerprint density at radius 1 is 1.03 bits per heavy atom. The third-order valence-corrected chi connectivity index (χ3v) is 5.34. The maximum Gasteiger partial charge on any atom is 0.232 e. The van der Waals surface area contributed by atoms with Gasteiger partial charge in [-0.2, -0.15) is 0 Å². The summed E-state index contributed by atoms with van der Waals surface area (Å²) in [5, 5.41) is 3.08. The van der Waals surface area contributed by atoms with Crippen molar-refractivity contribution in [3.63, 3.8) is 0 Å². The SMILES string of the molecule is Cn1cc(-c2ccco2)nc1CCNC(=O)C1c2ccccc2Oc2ccccc21. The number of amides is 1. The molecule has 150 valence electrons. The third kappa shape index (κ3) is 3.26. The van der Waals surface area contributed by atoms with E-state index in [2.05, 4.69) is 10.3 Å². The first-order chi connectivity index (χ1) is 14.7. The molecule has 6 heteroatoms. The first-order valence-electron chi connectivity index (χ1n) is 9.90. The normalized spacial score (nSPS) is 12.7. The number of hydrogen-bond acceptors (Lipinski definition) is 4. The minimum atomic E-state index is -0.397. The molecule has 2 aromatic heterocycles. The zero-order valence-corrected chi connectivity index (χ0v) is 16.5. The second-order valence-electron chi connectivity index (χ2n) is 7.28. The lowest BCUT2D eigenvalue weighted by molar-refractivity contribution is -0.121. The van der Waals surface area contributed by atoms with Crippen molar-refractivity contribution < 1.29 is 13.9 Å². The van der Waals surface area contributed by atoms with Gasteiger partial charge in [-0.25, -0.2) is 4.98 Å². The highest BCUT2D eigenvalue weighted by molar-refractivity contribution is 5.89. The number of carbonyl (C=O) groups excluding carboxylic acids is 1. The Morgan fingerprint density at radius 2 is 1.73 bits per heavy atom. The Hall–Kier alpha value is -3.80. The minimum absolute atomic E-state index is 0.0429. The van der Waals surface area contributed by atoms with Crippen LogP contribution < -0.4 is 10.1 Å². The van der Waals surface area contributed by atoms with Gasteiger partial charge in [0.1, 0.15) is 23.0 Å². The van der Waals surface area contributed by atoms with Gasteiger partial charge < -0.3 is 19.0 Å². The van der Waals surface area contributed by atoms with E-state index in [1.54, 1.807) is 6.26 Å². The molecule has 2 aromatic carbocycles. The fourth-order valence-corrected chi connectivity index (χ4v) is 3.87. The minimum Gasteiger partial charge on any atom is -0.463 e. The molecular formula is C24H21N3O3. The number of aryl methyl sites for hydroxylation is 1. The Kier molecular flexibility index (Phi) is 4.59. The number of nitrogens with zero attached hydrogens (tertiary/aromatic N) is 2. The summed E-state index contributed by atoms with van der Waals surface area (Å²) in [6.07, 6.45) is 4.18. The van der Waals surface area contributed by atoms with Crippen LogP contribution in [0.15, 0.2) is 77.5 Å². The molecular weight excluding hydrogens is 378 g/mol. The molecule has 5 rings (SSSR count). The standard InChI is InChI=1S/C24H21N3O3/c1-27-15-18(21-11-6-14-29-21)26-22(27)12-13-25-24(28)23-16-7-2-4-9-19(16)30-20-10-5-3-8-17(20)23/h2-11,14-15,23H,12-13H2,1H3,(H,25,28). The number of benzene rings is 2. The molecule has 0 saturated heterocycles. The van der Waals surface area contributed by atoms with Gasteiger partial charge in [0, 0.05) is 37.3 Å². The molecule has 30 heavy (non-hydrogen) atoms. The number of rotatable bonds is 5. The number of para-hydroxylation sites is 2. The predicted molar refractivity (Wildman–Crippen MR) is 112 cm³/mol. The van der Waals surface area contributed by atoms with E-state index in [4.69, 9.17) is 9.15 Å². The first-order valence-corrected chi connectivity index (χ1v) is 9.90. The molecule has 1 amide bonds. The second-order valence-corrected chi connectivity index (χ2v) is 7.28. The lowest BCUT2D eigenvalue weighted by Gasteiger charge is -2.27. The topological polar surface area (TPSA) is 69.3 Å². The predicted octanol–water partition coefficient (Wildman–Crippen LogP) is 4.28. The van der Waals surface area contributed by atoms with Crippen molar-refractivity contribution >= 4 is 5.91 Å². The van der Waals surface area contributed by atoms with Crippen LogP contribution in [0.1, 0.15) is 22.9 Å². The van der Waals surface area contributed by atoms with E-state index in [9.17, 15) is 4.79 Å². The quantitative estimate of drug-likeness (QED) is 0.544. The van der Waals surface area contributed by atoms with Gasteiger partial charge in [0.2, 0.25) is 5.91 Å². The Balaban J connectivity index is 1.32. The van der Waals surface area contributed by atoms with Crippen molar-refractivity contribution in [2.24, 2.45) is 7.05 Å². The number of aromatic nitrogens is 2. The molecule has 0 fully saturated rings. The van der Waals surface area contributed by atoms with Crippen molar-refractivity contribution in [1.29, 1.82) is 0 Å². The average molecular weight is 399 g/mol. The summed E-state index contributed by atoms with van der Waals surface area (Å²) < 4.78 is 13.4. The van der Waals surface area contributed by atoms with Crippen LogP contribution in [0.4, 0.5) is 0 Å². The van der Waals surface area contributed by atoms with Gasteiger partial charge in [-0.3, -0.25) is 4.79 Å². The molecule has 0 atom stereocenters. The number of ether oxygens (including phenoxy) is 1. The van der Waals surface area contributed by atoms with Crippen molar-refractivity contribution in [2.75, 3.05) is 6.54 Å². The zero-order valence-electron chi connectivity index (χ0n) is 16.5. The molecule has 0 aliphatic carbocycles. The van der Waals surface area contributed by atoms with E-state index >= 15 is 0 Å². The summed E-state index contributed by atoms with van der Waals surface area (Å²) in [6, 6.07) is 19.1. The molecule has 0 spiro atoms. The van der Waals surface area contributed by atoms with Crippen molar-refractivity contribution in [3.05, 3.63) is 90.1 Å². The van der Waals surface area contributed by atoms with Gasteiger partial charge in [0.15, 0.2) is 5.76 Å². The summed E-state index contributed by atoms with van der Waals surface area (Å²) in [5.74, 6) is 2.63. The fraction of sp³-hybridized carbons (Fsp3) is 0.167. The highest BCUT2D eigenvalue weighted by Crippen LogP contribution is 2.43. The van der Waals surface area contributed by atoms with Crippen LogP contribution in [-0.4, -0.2) is 22.0 Å². The van der Waals surface area contributed by atoms with Crippen molar-refractivity contribution in [1.82, 2.24) is 14.9 Å². The summed E-state index contributed by atoms with van der Waals surface area (Å²) >= 11 is 0. The van der Waals surface area contributed by atoms with Crippen LogP contribution in [0, 0.1) is 0 Å². The third-order valence-electron chi connectivity index (χ3n) is 5.34. The Labute approximate surface area is 174 Å². The van der Waals surface area contributed by atoms with E-state index in [0.29, 0.717) is 13.0 Å². The second kappa shape index (κ2) is 7.55. The van der Waals surface area contributed by atoms with Gasteiger partial charge >= 0.3 is 0 Å². The van der Waals surface area contributed by atoms with Gasteiger partial charge in [-0.05, 0) is 24.3 Å². The van der Waals surface area contributed by atoms with E-state index in [0.717, 1.165) is 39.9 Å². The number of hydrogen-bond donors (Lipinski definition) is 1. The lowest BCUT2D eigenvalue weighted by Crippen LogP contribution is -2.33. The van der Waals surface area contributed by atoms with Crippen LogP contribution in [0.5, 0.6) is 11.5 Å². The van der Waals surface area contributed by atoms with Crippen LogP contribution in [-0.2, 0) is 18.3 Å².